The minimum absolute atomic E-state index is 0.853. The molecule has 1 fully saturated rings. The summed E-state index contributed by atoms with van der Waals surface area (Å²) in [5, 5.41) is 1.19. The first kappa shape index (κ1) is 19.0. The number of aromatic nitrogens is 2. The van der Waals surface area contributed by atoms with Gasteiger partial charge in [0.2, 0.25) is 0 Å². The number of ether oxygens (including phenoxy) is 2. The summed E-state index contributed by atoms with van der Waals surface area (Å²) in [6, 6.07) is 8.23. The van der Waals surface area contributed by atoms with Crippen molar-refractivity contribution in [3.8, 4) is 11.5 Å². The third kappa shape index (κ3) is 3.77. The van der Waals surface area contributed by atoms with Gasteiger partial charge in [-0.1, -0.05) is 6.92 Å². The fourth-order valence-corrected chi connectivity index (χ4v) is 4.61. The molecule has 0 aliphatic carbocycles. The van der Waals surface area contributed by atoms with Crippen LogP contribution in [0.2, 0.25) is 0 Å². The van der Waals surface area contributed by atoms with Gasteiger partial charge in [0.25, 0.3) is 0 Å². The number of methoxy groups -OCH3 is 2. The molecule has 148 valence electrons. The Morgan fingerprint density at radius 1 is 1.04 bits per heavy atom. The highest BCUT2D eigenvalue weighted by molar-refractivity contribution is 7.18. The van der Waals surface area contributed by atoms with Gasteiger partial charge in [0.15, 0.2) is 0 Å². The summed E-state index contributed by atoms with van der Waals surface area (Å²) in [4.78, 5) is 16.3. The van der Waals surface area contributed by atoms with Crippen LogP contribution in [0.4, 0.5) is 5.82 Å². The first-order chi connectivity index (χ1) is 13.7. The van der Waals surface area contributed by atoms with E-state index in [1.165, 1.54) is 10.3 Å². The first-order valence-corrected chi connectivity index (χ1v) is 10.4. The lowest BCUT2D eigenvalue weighted by Crippen LogP contribution is -2.46. The lowest BCUT2D eigenvalue weighted by Gasteiger charge is -2.35. The molecule has 0 spiro atoms. The Balaban J connectivity index is 1.46. The molecule has 0 amide bonds. The van der Waals surface area contributed by atoms with Crippen molar-refractivity contribution in [2.75, 3.05) is 45.3 Å². The van der Waals surface area contributed by atoms with Gasteiger partial charge in [-0.2, -0.15) is 0 Å². The predicted molar refractivity (Wildman–Crippen MR) is 114 cm³/mol. The maximum Gasteiger partial charge on any atom is 0.140 e. The van der Waals surface area contributed by atoms with E-state index >= 15 is 0 Å². The number of benzene rings is 1. The molecule has 6 nitrogen and oxygen atoms in total. The van der Waals surface area contributed by atoms with Gasteiger partial charge in [-0.05, 0) is 30.7 Å². The second-order valence-corrected chi connectivity index (χ2v) is 8.04. The molecule has 0 N–H and O–H groups in total. The zero-order chi connectivity index (χ0) is 19.5. The Morgan fingerprint density at radius 3 is 2.57 bits per heavy atom. The maximum absolute atomic E-state index is 5.53. The van der Waals surface area contributed by atoms with Crippen molar-refractivity contribution < 1.29 is 9.47 Å². The van der Waals surface area contributed by atoms with Crippen molar-refractivity contribution in [3.05, 3.63) is 41.0 Å². The van der Waals surface area contributed by atoms with Crippen molar-refractivity contribution in [3.63, 3.8) is 0 Å². The van der Waals surface area contributed by atoms with Crippen molar-refractivity contribution in [1.82, 2.24) is 14.9 Å². The molecule has 3 heterocycles. The molecular formula is C21H26N4O2S. The molecule has 1 aliphatic heterocycles. The summed E-state index contributed by atoms with van der Waals surface area (Å²) in [5.74, 6) is 2.84. The van der Waals surface area contributed by atoms with Gasteiger partial charge in [0.1, 0.15) is 28.5 Å². The van der Waals surface area contributed by atoms with Gasteiger partial charge in [-0.3, -0.25) is 4.90 Å². The highest BCUT2D eigenvalue weighted by Gasteiger charge is 2.22. The number of hydrogen-bond acceptors (Lipinski definition) is 7. The molecule has 2 aromatic heterocycles. The molecule has 1 aromatic carbocycles. The minimum atomic E-state index is 0.853. The van der Waals surface area contributed by atoms with Gasteiger partial charge < -0.3 is 14.4 Å². The molecular weight excluding hydrogens is 372 g/mol. The number of rotatable bonds is 6. The van der Waals surface area contributed by atoms with E-state index < -0.39 is 0 Å². The third-order valence-electron chi connectivity index (χ3n) is 5.26. The van der Waals surface area contributed by atoms with E-state index in [4.69, 9.17) is 9.47 Å². The fraction of sp³-hybridized carbons (Fsp3) is 0.429. The van der Waals surface area contributed by atoms with Gasteiger partial charge in [-0.15, -0.1) is 11.3 Å². The van der Waals surface area contributed by atoms with Crippen molar-refractivity contribution in [2.24, 2.45) is 0 Å². The largest absolute Gasteiger partial charge is 0.497 e. The molecule has 4 rings (SSSR count). The van der Waals surface area contributed by atoms with E-state index in [2.05, 4.69) is 38.8 Å². The van der Waals surface area contributed by atoms with Gasteiger partial charge in [0.05, 0.1) is 19.6 Å². The number of thiophene rings is 1. The highest BCUT2D eigenvalue weighted by Crippen LogP contribution is 2.31. The van der Waals surface area contributed by atoms with Crippen LogP contribution in [0, 0.1) is 0 Å². The van der Waals surface area contributed by atoms with E-state index in [9.17, 15) is 0 Å². The molecule has 3 aromatic rings. The summed E-state index contributed by atoms with van der Waals surface area (Å²) in [7, 11) is 3.41. The molecule has 1 aliphatic rings. The predicted octanol–water partition coefficient (Wildman–Crippen LogP) is 3.59. The average Bonchev–Trinajstić information content (AvgIpc) is 3.18. The van der Waals surface area contributed by atoms with Crippen LogP contribution in [-0.2, 0) is 13.0 Å². The molecule has 0 atom stereocenters. The first-order valence-electron chi connectivity index (χ1n) is 9.63. The van der Waals surface area contributed by atoms with E-state index in [1.807, 2.05) is 12.1 Å². The maximum atomic E-state index is 5.53. The lowest BCUT2D eigenvalue weighted by atomic mass is 10.1. The second-order valence-electron chi connectivity index (χ2n) is 6.92. The summed E-state index contributed by atoms with van der Waals surface area (Å²) < 4.78 is 10.9. The zero-order valence-corrected chi connectivity index (χ0v) is 17.5. The van der Waals surface area contributed by atoms with Crippen LogP contribution in [0.25, 0.3) is 10.2 Å². The van der Waals surface area contributed by atoms with Crippen LogP contribution in [0.1, 0.15) is 17.4 Å². The molecule has 7 heteroatoms. The van der Waals surface area contributed by atoms with Crippen LogP contribution >= 0.6 is 11.3 Å². The molecule has 0 saturated carbocycles. The second kappa shape index (κ2) is 8.32. The minimum Gasteiger partial charge on any atom is -0.497 e. The Labute approximate surface area is 169 Å². The van der Waals surface area contributed by atoms with Gasteiger partial charge >= 0.3 is 0 Å². The van der Waals surface area contributed by atoms with Crippen molar-refractivity contribution in [2.45, 2.75) is 19.9 Å². The summed E-state index contributed by atoms with van der Waals surface area (Å²) in [6.07, 6.45) is 2.73. The summed E-state index contributed by atoms with van der Waals surface area (Å²) in [5.41, 5.74) is 1.16. The Hall–Kier alpha value is -2.38. The topological polar surface area (TPSA) is 50.7 Å². The normalized spacial score (nSPS) is 15.2. The SMILES string of the molecule is CCc1cc2c(N3CCN(Cc4cc(OC)ccc4OC)CC3)ncnc2s1. The molecule has 1 saturated heterocycles. The summed E-state index contributed by atoms with van der Waals surface area (Å²) in [6.45, 7) is 6.91. The number of fused-ring (bicyclic) bond motifs is 1. The van der Waals surface area contributed by atoms with E-state index in [-0.39, 0.29) is 0 Å². The smallest absolute Gasteiger partial charge is 0.140 e. The summed E-state index contributed by atoms with van der Waals surface area (Å²) >= 11 is 1.77. The fourth-order valence-electron chi connectivity index (χ4n) is 3.68. The van der Waals surface area contributed by atoms with Crippen LogP contribution in [0.5, 0.6) is 11.5 Å². The monoisotopic (exact) mass is 398 g/mol. The van der Waals surface area contributed by atoms with E-state index in [0.29, 0.717) is 0 Å². The van der Waals surface area contributed by atoms with Crippen LogP contribution in [0.3, 0.4) is 0 Å². The molecule has 0 unspecified atom stereocenters. The van der Waals surface area contributed by atoms with Gasteiger partial charge in [0, 0.05) is 43.2 Å². The highest BCUT2D eigenvalue weighted by atomic mass is 32.1. The number of nitrogens with zero attached hydrogens (tertiary/aromatic N) is 4. The van der Waals surface area contributed by atoms with E-state index in [1.54, 1.807) is 31.9 Å². The molecule has 28 heavy (non-hydrogen) atoms. The number of piperazine rings is 1. The molecule has 0 radical (unpaired) electrons. The zero-order valence-electron chi connectivity index (χ0n) is 16.6. The Bertz CT molecular complexity index is 951. The van der Waals surface area contributed by atoms with Crippen molar-refractivity contribution >= 4 is 27.4 Å². The number of anilines is 1. The lowest BCUT2D eigenvalue weighted by molar-refractivity contribution is 0.245. The molecule has 0 bridgehead atoms. The average molecular weight is 399 g/mol. The Kier molecular flexibility index (Phi) is 5.64. The van der Waals surface area contributed by atoms with E-state index in [0.717, 1.165) is 66.9 Å². The number of hydrogen-bond donors (Lipinski definition) is 0. The van der Waals surface area contributed by atoms with Crippen molar-refractivity contribution in [1.29, 1.82) is 0 Å². The third-order valence-corrected chi connectivity index (χ3v) is 6.45. The van der Waals surface area contributed by atoms with Crippen LogP contribution in [-0.4, -0.2) is 55.3 Å². The Morgan fingerprint density at radius 2 is 1.86 bits per heavy atom. The standard InChI is InChI=1S/C21H26N4O2S/c1-4-17-12-18-20(22-14-23-21(18)28-17)25-9-7-24(8-10-25)13-15-11-16(26-2)5-6-19(15)27-3/h5-6,11-12,14H,4,7-10,13H2,1-3H3. The van der Waals surface area contributed by atoms with Crippen LogP contribution < -0.4 is 14.4 Å². The quantitative estimate of drug-likeness (QED) is 0.632. The van der Waals surface area contributed by atoms with Gasteiger partial charge in [-0.25, -0.2) is 9.97 Å². The van der Waals surface area contributed by atoms with Crippen LogP contribution in [0.15, 0.2) is 30.6 Å². The number of aryl methyl sites for hydroxylation is 1.